The second kappa shape index (κ2) is 6.74. The number of amides is 1. The second-order valence-corrected chi connectivity index (χ2v) is 5.68. The van der Waals surface area contributed by atoms with Gasteiger partial charge in [-0.15, -0.1) is 0 Å². The summed E-state index contributed by atoms with van der Waals surface area (Å²) in [6.45, 7) is 3.42. The van der Waals surface area contributed by atoms with Crippen molar-refractivity contribution in [3.63, 3.8) is 0 Å². The quantitative estimate of drug-likeness (QED) is 0.896. The summed E-state index contributed by atoms with van der Waals surface area (Å²) in [4.78, 5) is 25.0. The molecule has 0 aliphatic carbocycles. The number of aromatic nitrogens is 2. The fourth-order valence-corrected chi connectivity index (χ4v) is 2.90. The molecule has 116 valence electrons. The van der Waals surface area contributed by atoms with E-state index in [1.807, 2.05) is 18.9 Å². The van der Waals surface area contributed by atoms with Crippen molar-refractivity contribution >= 4 is 11.9 Å². The summed E-state index contributed by atoms with van der Waals surface area (Å²) >= 11 is 0. The lowest BCUT2D eigenvalue weighted by molar-refractivity contribution is -0.137. The van der Waals surface area contributed by atoms with Gasteiger partial charge in [-0.1, -0.05) is 6.92 Å². The first-order valence-corrected chi connectivity index (χ1v) is 7.54. The van der Waals surface area contributed by atoms with E-state index < -0.39 is 5.97 Å². The lowest BCUT2D eigenvalue weighted by Gasteiger charge is -2.31. The summed E-state index contributed by atoms with van der Waals surface area (Å²) in [6, 6.07) is 0. The van der Waals surface area contributed by atoms with Crippen LogP contribution in [0.4, 0.5) is 0 Å². The number of aliphatic carboxylic acids is 1. The number of rotatable bonds is 5. The van der Waals surface area contributed by atoms with Gasteiger partial charge in [-0.25, -0.2) is 0 Å². The van der Waals surface area contributed by atoms with Gasteiger partial charge in [0.05, 0.1) is 11.3 Å². The van der Waals surface area contributed by atoms with Crippen LogP contribution >= 0.6 is 0 Å². The lowest BCUT2D eigenvalue weighted by atomic mass is 9.92. The van der Waals surface area contributed by atoms with Gasteiger partial charge in [0.25, 0.3) is 5.91 Å². The zero-order valence-corrected chi connectivity index (χ0v) is 12.7. The topological polar surface area (TPSA) is 75.4 Å². The molecule has 1 aliphatic rings. The molecule has 0 atom stereocenters. The number of hydrogen-bond acceptors (Lipinski definition) is 3. The smallest absolute Gasteiger partial charge is 0.303 e. The van der Waals surface area contributed by atoms with Gasteiger partial charge in [-0.2, -0.15) is 5.10 Å². The Kier molecular flexibility index (Phi) is 4.98. The van der Waals surface area contributed by atoms with E-state index >= 15 is 0 Å². The van der Waals surface area contributed by atoms with Crippen molar-refractivity contribution in [1.29, 1.82) is 0 Å². The van der Waals surface area contributed by atoms with Crippen molar-refractivity contribution in [3.8, 4) is 0 Å². The normalized spacial score (nSPS) is 16.2. The third-order valence-corrected chi connectivity index (χ3v) is 4.14. The average Bonchev–Trinajstić information content (AvgIpc) is 2.86. The minimum Gasteiger partial charge on any atom is -0.481 e. The molecule has 1 aromatic heterocycles. The molecular formula is C15H23N3O3. The van der Waals surface area contributed by atoms with Crippen LogP contribution in [-0.2, 0) is 18.3 Å². The third kappa shape index (κ3) is 3.83. The zero-order valence-electron chi connectivity index (χ0n) is 12.7. The molecule has 0 saturated carbocycles. The van der Waals surface area contributed by atoms with Crippen LogP contribution in [0.3, 0.4) is 0 Å². The van der Waals surface area contributed by atoms with Crippen molar-refractivity contribution in [2.75, 3.05) is 13.1 Å². The Hall–Kier alpha value is -1.85. The molecule has 6 heteroatoms. The van der Waals surface area contributed by atoms with Crippen LogP contribution in [-0.4, -0.2) is 44.8 Å². The zero-order chi connectivity index (χ0) is 15.4. The SMILES string of the molecule is CCc1nn(C)cc1C(=O)N1CCC(CCC(=O)O)CC1. The van der Waals surface area contributed by atoms with Crippen molar-refractivity contribution in [1.82, 2.24) is 14.7 Å². The molecule has 0 bridgehead atoms. The number of nitrogens with zero attached hydrogens (tertiary/aromatic N) is 3. The largest absolute Gasteiger partial charge is 0.481 e. The van der Waals surface area contributed by atoms with Crippen LogP contribution in [0.5, 0.6) is 0 Å². The minimum atomic E-state index is -0.739. The lowest BCUT2D eigenvalue weighted by Crippen LogP contribution is -2.38. The molecule has 2 heterocycles. The Balaban J connectivity index is 1.92. The number of carboxylic acid groups (broad SMARTS) is 1. The molecular weight excluding hydrogens is 270 g/mol. The molecule has 1 N–H and O–H groups in total. The van der Waals surface area contributed by atoms with Crippen molar-refractivity contribution in [2.45, 2.75) is 39.0 Å². The number of carbonyl (C=O) groups excluding carboxylic acids is 1. The molecule has 1 aromatic rings. The van der Waals surface area contributed by atoms with Crippen LogP contribution in [0.1, 0.15) is 48.7 Å². The number of hydrogen-bond donors (Lipinski definition) is 1. The number of aryl methyl sites for hydroxylation is 2. The van der Waals surface area contributed by atoms with E-state index in [1.165, 1.54) is 0 Å². The van der Waals surface area contributed by atoms with E-state index in [9.17, 15) is 9.59 Å². The fraction of sp³-hybridized carbons (Fsp3) is 0.667. The van der Waals surface area contributed by atoms with Gasteiger partial charge in [-0.05, 0) is 31.6 Å². The van der Waals surface area contributed by atoms with E-state index in [2.05, 4.69) is 5.10 Å². The van der Waals surface area contributed by atoms with E-state index in [0.29, 0.717) is 31.0 Å². The Labute approximate surface area is 124 Å². The first-order valence-electron chi connectivity index (χ1n) is 7.54. The predicted molar refractivity (Wildman–Crippen MR) is 78.1 cm³/mol. The van der Waals surface area contributed by atoms with Gasteiger partial charge in [0.1, 0.15) is 0 Å². The van der Waals surface area contributed by atoms with Crippen molar-refractivity contribution in [2.24, 2.45) is 13.0 Å². The van der Waals surface area contributed by atoms with E-state index in [4.69, 9.17) is 5.11 Å². The molecule has 1 saturated heterocycles. The summed E-state index contributed by atoms with van der Waals surface area (Å²) in [5.74, 6) is -0.266. The van der Waals surface area contributed by atoms with Gasteiger partial charge in [0, 0.05) is 32.8 Å². The van der Waals surface area contributed by atoms with E-state index in [1.54, 1.807) is 10.9 Å². The molecule has 0 spiro atoms. The molecule has 0 unspecified atom stereocenters. The summed E-state index contributed by atoms with van der Waals surface area (Å²) < 4.78 is 1.69. The van der Waals surface area contributed by atoms with Crippen LogP contribution in [0, 0.1) is 5.92 Å². The van der Waals surface area contributed by atoms with Crippen molar-refractivity contribution in [3.05, 3.63) is 17.5 Å². The first kappa shape index (κ1) is 15.5. The van der Waals surface area contributed by atoms with Crippen LogP contribution in [0.2, 0.25) is 0 Å². The Bertz CT molecular complexity index is 516. The highest BCUT2D eigenvalue weighted by Gasteiger charge is 2.26. The standard InChI is InChI=1S/C15H23N3O3/c1-3-13-12(10-17(2)16-13)15(21)18-8-6-11(7-9-18)4-5-14(19)20/h10-11H,3-9H2,1-2H3,(H,19,20). The first-order chi connectivity index (χ1) is 10.0. The maximum Gasteiger partial charge on any atom is 0.303 e. The number of piperidine rings is 1. The predicted octanol–water partition coefficient (Wildman–Crippen LogP) is 1.70. The highest BCUT2D eigenvalue weighted by molar-refractivity contribution is 5.95. The number of carbonyl (C=O) groups is 2. The van der Waals surface area contributed by atoms with Crippen LogP contribution < -0.4 is 0 Å². The molecule has 1 aliphatic heterocycles. The molecule has 1 amide bonds. The molecule has 2 rings (SSSR count). The molecule has 0 aromatic carbocycles. The number of carboxylic acids is 1. The van der Waals surface area contributed by atoms with E-state index in [-0.39, 0.29) is 12.3 Å². The Morgan fingerprint density at radius 1 is 1.38 bits per heavy atom. The molecule has 6 nitrogen and oxygen atoms in total. The summed E-state index contributed by atoms with van der Waals surface area (Å²) in [5, 5.41) is 13.0. The summed E-state index contributed by atoms with van der Waals surface area (Å²) in [6.07, 6.45) is 5.25. The monoisotopic (exact) mass is 293 g/mol. The van der Waals surface area contributed by atoms with Gasteiger partial charge in [0.15, 0.2) is 0 Å². The third-order valence-electron chi connectivity index (χ3n) is 4.14. The van der Waals surface area contributed by atoms with Gasteiger partial charge in [-0.3, -0.25) is 14.3 Å². The maximum absolute atomic E-state index is 12.5. The van der Waals surface area contributed by atoms with Crippen LogP contribution in [0.25, 0.3) is 0 Å². The average molecular weight is 293 g/mol. The fourth-order valence-electron chi connectivity index (χ4n) is 2.90. The van der Waals surface area contributed by atoms with E-state index in [0.717, 1.165) is 25.0 Å². The van der Waals surface area contributed by atoms with Gasteiger partial charge >= 0.3 is 5.97 Å². The van der Waals surface area contributed by atoms with Crippen molar-refractivity contribution < 1.29 is 14.7 Å². The molecule has 0 radical (unpaired) electrons. The van der Waals surface area contributed by atoms with Gasteiger partial charge < -0.3 is 10.0 Å². The highest BCUT2D eigenvalue weighted by Crippen LogP contribution is 2.23. The maximum atomic E-state index is 12.5. The van der Waals surface area contributed by atoms with Crippen LogP contribution in [0.15, 0.2) is 6.20 Å². The summed E-state index contributed by atoms with van der Waals surface area (Å²) in [7, 11) is 1.83. The second-order valence-electron chi connectivity index (χ2n) is 5.68. The summed E-state index contributed by atoms with van der Waals surface area (Å²) in [5.41, 5.74) is 1.54. The minimum absolute atomic E-state index is 0.0524. The Morgan fingerprint density at radius 3 is 2.62 bits per heavy atom. The Morgan fingerprint density at radius 2 is 2.05 bits per heavy atom. The molecule has 21 heavy (non-hydrogen) atoms. The van der Waals surface area contributed by atoms with Gasteiger partial charge in [0.2, 0.25) is 0 Å². The highest BCUT2D eigenvalue weighted by atomic mass is 16.4. The molecule has 1 fully saturated rings. The number of likely N-dealkylation sites (tertiary alicyclic amines) is 1.